The van der Waals surface area contributed by atoms with Crippen LogP contribution in [0, 0.1) is 0 Å². The number of hydrogen-bond acceptors (Lipinski definition) is 3. The minimum Gasteiger partial charge on any atom is -0.481 e. The summed E-state index contributed by atoms with van der Waals surface area (Å²) in [5.41, 5.74) is 0.954. The third-order valence-electron chi connectivity index (χ3n) is 4.34. The third-order valence-corrected chi connectivity index (χ3v) is 4.34. The molecule has 0 saturated carbocycles. The summed E-state index contributed by atoms with van der Waals surface area (Å²) in [5.74, 6) is -1.12. The average molecular weight is 332 g/mol. The highest BCUT2D eigenvalue weighted by Gasteiger charge is 2.28. The Kier molecular flexibility index (Phi) is 5.95. The fourth-order valence-electron chi connectivity index (χ4n) is 3.07. The van der Waals surface area contributed by atoms with Gasteiger partial charge in [-0.15, -0.1) is 0 Å². The third kappa shape index (κ3) is 4.34. The Morgan fingerprint density at radius 1 is 1.21 bits per heavy atom. The van der Waals surface area contributed by atoms with Crippen LogP contribution < -0.4 is 0 Å². The van der Waals surface area contributed by atoms with Crippen molar-refractivity contribution in [1.29, 1.82) is 0 Å². The van der Waals surface area contributed by atoms with Gasteiger partial charge in [0.05, 0.1) is 0 Å². The van der Waals surface area contributed by atoms with E-state index in [1.165, 1.54) is 4.90 Å². The van der Waals surface area contributed by atoms with Gasteiger partial charge in [-0.25, -0.2) is 0 Å². The van der Waals surface area contributed by atoms with E-state index in [1.807, 2.05) is 0 Å². The van der Waals surface area contributed by atoms with E-state index in [-0.39, 0.29) is 24.3 Å². The van der Waals surface area contributed by atoms with Crippen molar-refractivity contribution in [2.45, 2.75) is 38.1 Å². The van der Waals surface area contributed by atoms with Gasteiger partial charge in [-0.2, -0.15) is 0 Å². The maximum atomic E-state index is 12.9. The van der Waals surface area contributed by atoms with Gasteiger partial charge in [-0.05, 0) is 43.9 Å². The van der Waals surface area contributed by atoms with Crippen molar-refractivity contribution in [2.75, 3.05) is 20.6 Å². The van der Waals surface area contributed by atoms with E-state index in [1.54, 1.807) is 43.3 Å². The van der Waals surface area contributed by atoms with Crippen molar-refractivity contribution >= 4 is 17.8 Å². The van der Waals surface area contributed by atoms with E-state index in [9.17, 15) is 14.4 Å². The standard InChI is InChI=1S/C18H24N2O4/c1-19(2)17(23)13-6-5-7-14(12-13)18(24)20-11-4-3-8-15(20)9-10-16(21)22/h5-7,12,15H,3-4,8-11H2,1-2H3,(H,21,22). The highest BCUT2D eigenvalue weighted by molar-refractivity contribution is 5.99. The molecule has 1 atom stereocenters. The molecular formula is C18H24N2O4. The van der Waals surface area contributed by atoms with Crippen molar-refractivity contribution in [2.24, 2.45) is 0 Å². The van der Waals surface area contributed by atoms with Crippen LogP contribution in [0.4, 0.5) is 0 Å². The molecule has 130 valence electrons. The molecule has 1 fully saturated rings. The van der Waals surface area contributed by atoms with Crippen LogP contribution in [0.5, 0.6) is 0 Å². The number of hydrogen-bond donors (Lipinski definition) is 1. The van der Waals surface area contributed by atoms with Gasteiger partial charge < -0.3 is 14.9 Å². The van der Waals surface area contributed by atoms with Gasteiger partial charge in [0.25, 0.3) is 11.8 Å². The maximum Gasteiger partial charge on any atom is 0.303 e. The summed E-state index contributed by atoms with van der Waals surface area (Å²) in [6.07, 6.45) is 3.29. The molecule has 1 N–H and O–H groups in total. The smallest absolute Gasteiger partial charge is 0.303 e. The summed E-state index contributed by atoms with van der Waals surface area (Å²) < 4.78 is 0. The average Bonchev–Trinajstić information content (AvgIpc) is 2.58. The minimum atomic E-state index is -0.841. The van der Waals surface area contributed by atoms with Crippen LogP contribution >= 0.6 is 0 Å². The van der Waals surface area contributed by atoms with Gasteiger partial charge in [0.15, 0.2) is 0 Å². The molecule has 2 rings (SSSR count). The fourth-order valence-corrected chi connectivity index (χ4v) is 3.07. The first-order valence-electron chi connectivity index (χ1n) is 8.24. The molecule has 24 heavy (non-hydrogen) atoms. The highest BCUT2D eigenvalue weighted by atomic mass is 16.4. The van der Waals surface area contributed by atoms with Crippen molar-refractivity contribution in [3.63, 3.8) is 0 Å². The summed E-state index contributed by atoms with van der Waals surface area (Å²) in [4.78, 5) is 39.0. The number of likely N-dealkylation sites (tertiary alicyclic amines) is 1. The molecule has 0 spiro atoms. The quantitative estimate of drug-likeness (QED) is 0.897. The van der Waals surface area contributed by atoms with Crippen LogP contribution in [0.2, 0.25) is 0 Å². The fraction of sp³-hybridized carbons (Fsp3) is 0.500. The molecule has 0 aromatic heterocycles. The van der Waals surface area contributed by atoms with Gasteiger partial charge in [0.2, 0.25) is 0 Å². The second-order valence-corrected chi connectivity index (χ2v) is 6.36. The molecule has 1 aromatic carbocycles. The van der Waals surface area contributed by atoms with E-state index in [0.717, 1.165) is 19.3 Å². The molecule has 6 nitrogen and oxygen atoms in total. The number of carbonyl (C=O) groups excluding carboxylic acids is 2. The zero-order valence-electron chi connectivity index (χ0n) is 14.2. The van der Waals surface area contributed by atoms with Crippen LogP contribution in [-0.4, -0.2) is 59.4 Å². The lowest BCUT2D eigenvalue weighted by molar-refractivity contribution is -0.137. The number of nitrogens with zero attached hydrogens (tertiary/aromatic N) is 2. The van der Waals surface area contributed by atoms with E-state index in [0.29, 0.717) is 24.1 Å². The van der Waals surface area contributed by atoms with Crippen LogP contribution in [0.3, 0.4) is 0 Å². The lowest BCUT2D eigenvalue weighted by Gasteiger charge is -2.35. The number of carboxylic acid groups (broad SMARTS) is 1. The minimum absolute atomic E-state index is 0.0458. The zero-order chi connectivity index (χ0) is 17.7. The normalized spacial score (nSPS) is 17.4. The van der Waals surface area contributed by atoms with Crippen molar-refractivity contribution in [3.05, 3.63) is 35.4 Å². The van der Waals surface area contributed by atoms with Crippen molar-refractivity contribution in [3.8, 4) is 0 Å². The number of carbonyl (C=O) groups is 3. The van der Waals surface area contributed by atoms with Crippen LogP contribution in [-0.2, 0) is 4.79 Å². The maximum absolute atomic E-state index is 12.9. The molecule has 0 aliphatic carbocycles. The van der Waals surface area contributed by atoms with Gasteiger partial charge in [-0.1, -0.05) is 6.07 Å². The zero-order valence-corrected chi connectivity index (χ0v) is 14.2. The first kappa shape index (κ1) is 18.0. The Bertz CT molecular complexity index is 627. The van der Waals surface area contributed by atoms with Crippen LogP contribution in [0.15, 0.2) is 24.3 Å². The van der Waals surface area contributed by atoms with Gasteiger partial charge in [0.1, 0.15) is 0 Å². The Labute approximate surface area is 142 Å². The van der Waals surface area contributed by atoms with Crippen LogP contribution in [0.1, 0.15) is 52.8 Å². The molecule has 1 heterocycles. The molecule has 1 aliphatic rings. The van der Waals surface area contributed by atoms with Crippen molar-refractivity contribution < 1.29 is 19.5 Å². The van der Waals surface area contributed by atoms with Gasteiger partial charge in [-0.3, -0.25) is 14.4 Å². The topological polar surface area (TPSA) is 77.9 Å². The van der Waals surface area contributed by atoms with Crippen molar-refractivity contribution in [1.82, 2.24) is 9.80 Å². The lowest BCUT2D eigenvalue weighted by atomic mass is 9.96. The number of carboxylic acids is 1. The number of benzene rings is 1. The number of rotatable bonds is 5. The number of amides is 2. The predicted octanol–water partition coefficient (Wildman–Crippen LogP) is 2.25. The summed E-state index contributed by atoms with van der Waals surface area (Å²) in [7, 11) is 3.34. The first-order valence-corrected chi connectivity index (χ1v) is 8.24. The molecule has 1 aromatic rings. The number of aliphatic carboxylic acids is 1. The van der Waals surface area contributed by atoms with E-state index < -0.39 is 5.97 Å². The molecule has 1 saturated heterocycles. The number of piperidine rings is 1. The van der Waals surface area contributed by atoms with E-state index >= 15 is 0 Å². The highest BCUT2D eigenvalue weighted by Crippen LogP contribution is 2.23. The Morgan fingerprint density at radius 2 is 1.92 bits per heavy atom. The summed E-state index contributed by atoms with van der Waals surface area (Å²) in [6.45, 7) is 0.634. The Balaban J connectivity index is 2.17. The van der Waals surface area contributed by atoms with Crippen LogP contribution in [0.25, 0.3) is 0 Å². The molecular weight excluding hydrogens is 308 g/mol. The largest absolute Gasteiger partial charge is 0.481 e. The van der Waals surface area contributed by atoms with E-state index in [2.05, 4.69) is 0 Å². The lowest BCUT2D eigenvalue weighted by Crippen LogP contribution is -2.44. The Hall–Kier alpha value is -2.37. The SMILES string of the molecule is CN(C)C(=O)c1cccc(C(=O)N2CCCCC2CCC(=O)O)c1. The second kappa shape index (κ2) is 7.95. The van der Waals surface area contributed by atoms with Gasteiger partial charge in [0, 0.05) is 44.2 Å². The second-order valence-electron chi connectivity index (χ2n) is 6.36. The first-order chi connectivity index (χ1) is 11.4. The summed E-state index contributed by atoms with van der Waals surface area (Å²) in [6, 6.07) is 6.68. The molecule has 1 unspecified atom stereocenters. The summed E-state index contributed by atoms with van der Waals surface area (Å²) >= 11 is 0. The molecule has 6 heteroatoms. The molecule has 0 radical (unpaired) electrons. The monoisotopic (exact) mass is 332 g/mol. The van der Waals surface area contributed by atoms with Gasteiger partial charge >= 0.3 is 5.97 Å². The predicted molar refractivity (Wildman–Crippen MR) is 90.0 cm³/mol. The Morgan fingerprint density at radius 3 is 2.58 bits per heavy atom. The molecule has 1 aliphatic heterocycles. The molecule has 0 bridgehead atoms. The van der Waals surface area contributed by atoms with E-state index in [4.69, 9.17) is 5.11 Å². The molecule has 2 amide bonds. The summed E-state index contributed by atoms with van der Waals surface area (Å²) in [5, 5.41) is 8.89.